The Kier molecular flexibility index (Phi) is 7.44. The van der Waals surface area contributed by atoms with Crippen LogP contribution in [0.3, 0.4) is 0 Å². The number of nitrogens with zero attached hydrogens (tertiary/aromatic N) is 7. The highest BCUT2D eigenvalue weighted by Gasteiger charge is 2.27. The summed E-state index contributed by atoms with van der Waals surface area (Å²) in [6, 6.07) is 8.66. The van der Waals surface area contributed by atoms with Gasteiger partial charge in [0, 0.05) is 50.6 Å². The van der Waals surface area contributed by atoms with Crippen LogP contribution in [0.4, 0.5) is 5.69 Å². The molecule has 2 aromatic heterocycles. The molecule has 1 aliphatic heterocycles. The van der Waals surface area contributed by atoms with E-state index in [1.807, 2.05) is 6.07 Å². The van der Waals surface area contributed by atoms with Gasteiger partial charge in [-0.3, -0.25) is 15.0 Å². The lowest BCUT2D eigenvalue weighted by atomic mass is 10.2. The van der Waals surface area contributed by atoms with Gasteiger partial charge in [0.1, 0.15) is 17.3 Å². The number of fused-ring (bicyclic) bond motifs is 1. The Labute approximate surface area is 206 Å². The fourth-order valence-electron chi connectivity index (χ4n) is 3.56. The first-order valence-electron chi connectivity index (χ1n) is 10.9. The Balaban J connectivity index is 1.58. The third-order valence-corrected chi connectivity index (χ3v) is 7.24. The number of nitriles is 1. The number of non-ortho nitro benzene ring substituents is 1. The molecule has 0 atom stereocenters. The van der Waals surface area contributed by atoms with Crippen LogP contribution in [-0.2, 0) is 14.8 Å². The van der Waals surface area contributed by atoms with E-state index in [4.69, 9.17) is 14.7 Å². The van der Waals surface area contributed by atoms with Crippen molar-refractivity contribution in [2.75, 3.05) is 46.5 Å². The van der Waals surface area contributed by atoms with Crippen LogP contribution in [0.25, 0.3) is 5.52 Å². The van der Waals surface area contributed by atoms with Crippen LogP contribution in [0.2, 0.25) is 0 Å². The van der Waals surface area contributed by atoms with Crippen molar-refractivity contribution in [3.05, 3.63) is 64.0 Å². The third-order valence-electron chi connectivity index (χ3n) is 5.57. The topological polar surface area (TPSA) is 156 Å². The molecule has 188 valence electrons. The molecule has 36 heavy (non-hydrogen) atoms. The number of hydrazone groups is 1. The molecule has 0 N–H and O–H groups in total. The number of hydrogen-bond donors (Lipinski definition) is 0. The van der Waals surface area contributed by atoms with Crippen LogP contribution in [0, 0.1) is 21.4 Å². The van der Waals surface area contributed by atoms with Crippen LogP contribution in [0.5, 0.6) is 5.75 Å². The highest BCUT2D eigenvalue weighted by atomic mass is 32.2. The summed E-state index contributed by atoms with van der Waals surface area (Å²) in [7, 11) is -3.09. The first kappa shape index (κ1) is 25.0. The van der Waals surface area contributed by atoms with Gasteiger partial charge >= 0.3 is 0 Å². The van der Waals surface area contributed by atoms with Gasteiger partial charge in [-0.2, -0.15) is 28.3 Å². The summed E-state index contributed by atoms with van der Waals surface area (Å²) in [6.45, 7) is 3.45. The zero-order valence-corrected chi connectivity index (χ0v) is 20.2. The molecule has 0 radical (unpaired) electrons. The Morgan fingerprint density at radius 3 is 2.83 bits per heavy atom. The molecule has 3 aromatic rings. The van der Waals surface area contributed by atoms with Crippen LogP contribution in [-0.4, -0.2) is 85.0 Å². The first-order chi connectivity index (χ1) is 17.3. The van der Waals surface area contributed by atoms with Gasteiger partial charge in [-0.1, -0.05) is 0 Å². The van der Waals surface area contributed by atoms with Crippen LogP contribution < -0.4 is 4.74 Å². The quantitative estimate of drug-likeness (QED) is 0.235. The molecule has 13 nitrogen and oxygen atoms in total. The first-order valence-corrected chi connectivity index (χ1v) is 12.4. The van der Waals surface area contributed by atoms with Gasteiger partial charge in [-0.15, -0.1) is 0 Å². The lowest BCUT2D eigenvalue weighted by molar-refractivity contribution is -0.385. The molecule has 3 heterocycles. The van der Waals surface area contributed by atoms with E-state index >= 15 is 0 Å². The minimum Gasteiger partial charge on any atom is -0.491 e. The molecule has 0 amide bonds. The van der Waals surface area contributed by atoms with Gasteiger partial charge in [0.25, 0.3) is 15.7 Å². The molecule has 1 aliphatic rings. The Bertz CT molecular complexity index is 1440. The molecular weight excluding hydrogens is 490 g/mol. The average molecular weight is 514 g/mol. The molecule has 1 aromatic carbocycles. The van der Waals surface area contributed by atoms with E-state index in [0.717, 1.165) is 19.2 Å². The molecule has 0 unspecified atom stereocenters. The van der Waals surface area contributed by atoms with Crippen molar-refractivity contribution < 1.29 is 22.8 Å². The number of aromatic nitrogens is 2. The van der Waals surface area contributed by atoms with Crippen molar-refractivity contribution in [2.45, 2.75) is 4.90 Å². The maximum absolute atomic E-state index is 13.3. The lowest BCUT2D eigenvalue weighted by Gasteiger charge is -2.26. The van der Waals surface area contributed by atoms with Gasteiger partial charge in [0.05, 0.1) is 47.7 Å². The summed E-state index contributed by atoms with van der Waals surface area (Å²) in [6.07, 6.45) is 4.38. The number of nitro benzene ring substituents is 1. The molecule has 0 bridgehead atoms. The van der Waals surface area contributed by atoms with Crippen LogP contribution >= 0.6 is 0 Å². The van der Waals surface area contributed by atoms with Crippen molar-refractivity contribution in [3.63, 3.8) is 0 Å². The summed E-state index contributed by atoms with van der Waals surface area (Å²) < 4.78 is 40.0. The van der Waals surface area contributed by atoms with Crippen molar-refractivity contribution >= 4 is 27.4 Å². The fraction of sp³-hybridized carbons (Fsp3) is 0.318. The molecule has 4 rings (SSSR count). The predicted octanol–water partition coefficient (Wildman–Crippen LogP) is 1.48. The van der Waals surface area contributed by atoms with Crippen LogP contribution in [0.15, 0.2) is 52.7 Å². The van der Waals surface area contributed by atoms with Gasteiger partial charge in [-0.05, 0) is 18.2 Å². The maximum Gasteiger partial charge on any atom is 0.282 e. The van der Waals surface area contributed by atoms with E-state index in [1.165, 1.54) is 36.1 Å². The van der Waals surface area contributed by atoms with E-state index < -0.39 is 20.6 Å². The summed E-state index contributed by atoms with van der Waals surface area (Å²) in [5, 5.41) is 28.6. The Morgan fingerprint density at radius 1 is 1.33 bits per heavy atom. The van der Waals surface area contributed by atoms with E-state index in [0.29, 0.717) is 40.8 Å². The van der Waals surface area contributed by atoms with Gasteiger partial charge in [-0.25, -0.2) is 4.52 Å². The van der Waals surface area contributed by atoms with Gasteiger partial charge < -0.3 is 9.47 Å². The molecular formula is C22H23N7O6S. The summed E-state index contributed by atoms with van der Waals surface area (Å²) in [4.78, 5) is 12.4. The monoisotopic (exact) mass is 513 g/mol. The number of rotatable bonds is 9. The normalized spacial score (nSPS) is 14.7. The van der Waals surface area contributed by atoms with Gasteiger partial charge in [0.15, 0.2) is 0 Å². The molecule has 0 saturated carbocycles. The highest BCUT2D eigenvalue weighted by molar-refractivity contribution is 7.89. The molecule has 1 saturated heterocycles. The SMILES string of the molecule is CN(/N=C/c1cnn2ccc(C#N)cc12)S(=O)(=O)c1cc([N+](=O)[O-])ccc1OCCN1CCOCC1. The zero-order valence-electron chi connectivity index (χ0n) is 19.3. The second-order valence-electron chi connectivity index (χ2n) is 7.83. The predicted molar refractivity (Wildman–Crippen MR) is 128 cm³/mol. The Hall–Kier alpha value is -4.06. The number of benzene rings is 1. The van der Waals surface area contributed by atoms with Crippen molar-refractivity contribution in [2.24, 2.45) is 5.10 Å². The summed E-state index contributed by atoms with van der Waals surface area (Å²) in [5.41, 5.74) is 1.06. The van der Waals surface area contributed by atoms with E-state index in [2.05, 4.69) is 15.1 Å². The second kappa shape index (κ2) is 10.7. The van der Waals surface area contributed by atoms with Crippen LogP contribution in [0.1, 0.15) is 11.1 Å². The standard InChI is InChI=1S/C22H23N7O6S/c1-26(24-15-18-16-25-28-5-4-17(14-23)12-20(18)28)36(32,33)22-13-19(29(30)31)2-3-21(22)35-11-8-27-6-9-34-10-7-27/h2-5,12-13,15-16H,6-11H2,1H3/b24-15+. The number of nitro groups is 1. The minimum absolute atomic E-state index is 0.00875. The third kappa shape index (κ3) is 5.43. The fourth-order valence-corrected chi connectivity index (χ4v) is 4.66. The second-order valence-corrected chi connectivity index (χ2v) is 9.75. The smallest absolute Gasteiger partial charge is 0.282 e. The van der Waals surface area contributed by atoms with E-state index in [1.54, 1.807) is 18.3 Å². The summed E-state index contributed by atoms with van der Waals surface area (Å²) in [5.74, 6) is -0.00875. The largest absolute Gasteiger partial charge is 0.491 e. The van der Waals surface area contributed by atoms with Gasteiger partial charge in [0.2, 0.25) is 0 Å². The molecule has 0 spiro atoms. The maximum atomic E-state index is 13.3. The number of pyridine rings is 1. The van der Waals surface area contributed by atoms with E-state index in [9.17, 15) is 18.5 Å². The molecule has 14 heteroatoms. The summed E-state index contributed by atoms with van der Waals surface area (Å²) >= 11 is 0. The highest BCUT2D eigenvalue weighted by Crippen LogP contribution is 2.30. The van der Waals surface area contributed by atoms with Crippen molar-refractivity contribution in [1.29, 1.82) is 5.26 Å². The molecule has 1 fully saturated rings. The van der Waals surface area contributed by atoms with E-state index in [-0.39, 0.29) is 17.3 Å². The number of morpholine rings is 1. The Morgan fingerprint density at radius 2 is 2.11 bits per heavy atom. The number of ether oxygens (including phenoxy) is 2. The number of hydrogen-bond acceptors (Lipinski definition) is 10. The lowest BCUT2D eigenvalue weighted by Crippen LogP contribution is -2.38. The van der Waals surface area contributed by atoms with Crippen molar-refractivity contribution in [1.82, 2.24) is 18.9 Å². The number of sulfonamides is 1. The van der Waals surface area contributed by atoms with Crippen molar-refractivity contribution in [3.8, 4) is 11.8 Å². The minimum atomic E-state index is -4.31. The molecule has 0 aliphatic carbocycles. The average Bonchev–Trinajstić information content (AvgIpc) is 3.29. The zero-order chi connectivity index (χ0) is 25.7.